The molecule has 0 fully saturated rings. The zero-order valence-electron chi connectivity index (χ0n) is 18.8. The van der Waals surface area contributed by atoms with E-state index in [0.29, 0.717) is 0 Å². The van der Waals surface area contributed by atoms with Crippen LogP contribution in [0.1, 0.15) is 22.3 Å². The van der Waals surface area contributed by atoms with E-state index in [4.69, 9.17) is 0 Å². The summed E-state index contributed by atoms with van der Waals surface area (Å²) in [6.45, 7) is 1.49. The maximum absolute atomic E-state index is 3.49. The fraction of sp³-hybridized carbons (Fsp3) is 0.0625. The lowest BCUT2D eigenvalue weighted by molar-refractivity contribution is 1.08. The van der Waals surface area contributed by atoms with Crippen molar-refractivity contribution < 1.29 is 0 Å². The van der Waals surface area contributed by atoms with Crippen LogP contribution in [0, 0.1) is 35.5 Å². The second kappa shape index (κ2) is 12.3. The van der Waals surface area contributed by atoms with E-state index in [1.54, 1.807) is 0 Å². The minimum atomic E-state index is 0.745. The number of hydrogen-bond acceptors (Lipinski definition) is 2. The van der Waals surface area contributed by atoms with E-state index in [9.17, 15) is 0 Å². The molecule has 4 aromatic carbocycles. The second-order valence-corrected chi connectivity index (χ2v) is 7.43. The van der Waals surface area contributed by atoms with Crippen molar-refractivity contribution in [1.82, 2.24) is 0 Å². The normalized spacial score (nSPS) is 9.29. The highest BCUT2D eigenvalue weighted by molar-refractivity contribution is 5.62. The Kier molecular flexibility index (Phi) is 8.06. The van der Waals surface area contributed by atoms with Crippen LogP contribution in [0.2, 0.25) is 0 Å². The van der Waals surface area contributed by atoms with Crippen LogP contribution in [-0.2, 0) is 0 Å². The fourth-order valence-corrected chi connectivity index (χ4v) is 3.27. The van der Waals surface area contributed by atoms with Crippen molar-refractivity contribution >= 4 is 11.4 Å². The predicted octanol–water partition coefficient (Wildman–Crippen LogP) is 6.01. The van der Waals surface area contributed by atoms with Crippen LogP contribution >= 0.6 is 0 Å². The third kappa shape index (κ3) is 6.83. The Labute approximate surface area is 202 Å². The highest BCUT2D eigenvalue weighted by Gasteiger charge is 2.00. The predicted molar refractivity (Wildman–Crippen MR) is 142 cm³/mol. The van der Waals surface area contributed by atoms with Gasteiger partial charge in [-0.3, -0.25) is 0 Å². The molecule has 34 heavy (non-hydrogen) atoms. The fourth-order valence-electron chi connectivity index (χ4n) is 3.27. The first-order valence-corrected chi connectivity index (χ1v) is 11.2. The van der Waals surface area contributed by atoms with Gasteiger partial charge < -0.3 is 10.6 Å². The highest BCUT2D eigenvalue weighted by Crippen LogP contribution is 2.15. The Morgan fingerprint density at radius 3 is 1.44 bits per heavy atom. The first-order chi connectivity index (χ1) is 16.9. The Morgan fingerprint density at radius 1 is 0.412 bits per heavy atom. The number of rotatable bonds is 5. The molecule has 2 heteroatoms. The van der Waals surface area contributed by atoms with Crippen LogP contribution in [0.5, 0.6) is 0 Å². The number of anilines is 2. The van der Waals surface area contributed by atoms with Crippen LogP contribution in [-0.4, -0.2) is 13.1 Å². The van der Waals surface area contributed by atoms with Gasteiger partial charge in [0.25, 0.3) is 0 Å². The van der Waals surface area contributed by atoms with Gasteiger partial charge in [-0.15, -0.1) is 0 Å². The summed E-state index contributed by atoms with van der Waals surface area (Å²) in [7, 11) is 0. The molecule has 0 aromatic heterocycles. The molecule has 2 N–H and O–H groups in total. The number of benzene rings is 4. The SMILES string of the molecule is C(C#Cc1ccccc1NCCNc1ccccc1C#Cc1ccccc1)#Cc1ccccc1. The van der Waals surface area contributed by atoms with E-state index in [1.165, 1.54) is 0 Å². The largest absolute Gasteiger partial charge is 0.382 e. The molecule has 2 nitrogen and oxygen atoms in total. The topological polar surface area (TPSA) is 24.1 Å². The summed E-state index contributed by atoms with van der Waals surface area (Å²) in [6, 6.07) is 36.0. The zero-order valence-corrected chi connectivity index (χ0v) is 18.8. The van der Waals surface area contributed by atoms with Gasteiger partial charge in [0.1, 0.15) is 0 Å². The summed E-state index contributed by atoms with van der Waals surface area (Å²) in [6.07, 6.45) is 0. The molecule has 0 amide bonds. The molecule has 0 atom stereocenters. The van der Waals surface area contributed by atoms with Crippen molar-refractivity contribution in [2.75, 3.05) is 23.7 Å². The second-order valence-electron chi connectivity index (χ2n) is 7.43. The molecule has 0 unspecified atom stereocenters. The summed E-state index contributed by atoms with van der Waals surface area (Å²) in [5, 5.41) is 6.96. The third-order valence-electron chi connectivity index (χ3n) is 4.97. The van der Waals surface area contributed by atoms with Crippen molar-refractivity contribution in [2.45, 2.75) is 0 Å². The van der Waals surface area contributed by atoms with Crippen LogP contribution < -0.4 is 10.6 Å². The Hall–Kier alpha value is -4.84. The van der Waals surface area contributed by atoms with E-state index in [0.717, 1.165) is 46.7 Å². The Morgan fingerprint density at radius 2 is 0.853 bits per heavy atom. The molecule has 0 saturated carbocycles. The lowest BCUT2D eigenvalue weighted by Crippen LogP contribution is -2.14. The first kappa shape index (κ1) is 22.4. The molecule has 0 spiro atoms. The summed E-state index contributed by atoms with van der Waals surface area (Å²) in [5.41, 5.74) is 5.90. The average molecular weight is 437 g/mol. The van der Waals surface area contributed by atoms with Crippen LogP contribution in [0.3, 0.4) is 0 Å². The zero-order chi connectivity index (χ0) is 23.3. The highest BCUT2D eigenvalue weighted by atomic mass is 14.9. The van der Waals surface area contributed by atoms with Gasteiger partial charge in [-0.2, -0.15) is 0 Å². The maximum atomic E-state index is 3.49. The summed E-state index contributed by atoms with van der Waals surface area (Å²) >= 11 is 0. The molecule has 0 bridgehead atoms. The quantitative estimate of drug-likeness (QED) is 0.296. The van der Waals surface area contributed by atoms with Gasteiger partial charge in [0.2, 0.25) is 0 Å². The van der Waals surface area contributed by atoms with E-state index in [1.807, 2.05) is 103 Å². The lowest BCUT2D eigenvalue weighted by Gasteiger charge is -2.11. The van der Waals surface area contributed by atoms with Crippen molar-refractivity contribution in [3.63, 3.8) is 0 Å². The molecule has 0 aliphatic heterocycles. The average Bonchev–Trinajstić information content (AvgIpc) is 2.90. The minimum Gasteiger partial charge on any atom is -0.382 e. The summed E-state index contributed by atoms with van der Waals surface area (Å²) < 4.78 is 0. The standard InChI is InChI=1S/C32H24N2/c1-3-13-27(14-4-1)17-7-8-18-29-19-9-11-21-31(29)33-25-26-34-32-22-12-10-20-30(32)24-23-28-15-5-2-6-16-28/h1-6,9-16,19-22,33-34H,25-26H2. The van der Waals surface area contributed by atoms with Crippen LogP contribution in [0.4, 0.5) is 11.4 Å². The monoisotopic (exact) mass is 436 g/mol. The first-order valence-electron chi connectivity index (χ1n) is 11.2. The molecule has 0 aliphatic carbocycles. The third-order valence-corrected chi connectivity index (χ3v) is 4.97. The maximum Gasteiger partial charge on any atom is 0.0500 e. The molecule has 0 aliphatic rings. The summed E-state index contributed by atoms with van der Waals surface area (Å²) in [4.78, 5) is 0. The number of nitrogens with one attached hydrogen (secondary N) is 2. The molecule has 0 saturated heterocycles. The van der Waals surface area contributed by atoms with Crippen LogP contribution in [0.15, 0.2) is 109 Å². The van der Waals surface area contributed by atoms with Gasteiger partial charge in [-0.05, 0) is 60.4 Å². The Bertz CT molecular complexity index is 1400. The Balaban J connectivity index is 1.35. The smallest absolute Gasteiger partial charge is 0.0500 e. The molecule has 0 radical (unpaired) electrons. The minimum absolute atomic E-state index is 0.745. The summed E-state index contributed by atoms with van der Waals surface area (Å²) in [5.74, 6) is 18.6. The van der Waals surface area contributed by atoms with Crippen LogP contribution in [0.25, 0.3) is 0 Å². The van der Waals surface area contributed by atoms with Gasteiger partial charge in [-0.1, -0.05) is 84.3 Å². The van der Waals surface area contributed by atoms with Crippen molar-refractivity contribution in [3.05, 3.63) is 131 Å². The molecular formula is C32H24N2. The van der Waals surface area contributed by atoms with Crippen molar-refractivity contribution in [3.8, 4) is 35.5 Å². The van der Waals surface area contributed by atoms with Crippen molar-refractivity contribution in [2.24, 2.45) is 0 Å². The molecule has 4 rings (SSSR count). The molecule has 0 heterocycles. The number of hydrogen-bond donors (Lipinski definition) is 2. The van der Waals surface area contributed by atoms with Crippen molar-refractivity contribution in [1.29, 1.82) is 0 Å². The van der Waals surface area contributed by atoms with Gasteiger partial charge in [0.15, 0.2) is 0 Å². The van der Waals surface area contributed by atoms with Gasteiger partial charge in [0, 0.05) is 46.7 Å². The van der Waals surface area contributed by atoms with Gasteiger partial charge in [-0.25, -0.2) is 0 Å². The van der Waals surface area contributed by atoms with E-state index >= 15 is 0 Å². The molecule has 162 valence electrons. The number of para-hydroxylation sites is 2. The molecule has 4 aromatic rings. The van der Waals surface area contributed by atoms with E-state index in [2.05, 4.69) is 52.2 Å². The molecular weight excluding hydrogens is 412 g/mol. The van der Waals surface area contributed by atoms with E-state index in [-0.39, 0.29) is 0 Å². The van der Waals surface area contributed by atoms with Gasteiger partial charge >= 0.3 is 0 Å². The van der Waals surface area contributed by atoms with E-state index < -0.39 is 0 Å². The van der Waals surface area contributed by atoms with Gasteiger partial charge in [0.05, 0.1) is 0 Å². The lowest BCUT2D eigenvalue weighted by atomic mass is 10.1.